The average molecular weight is 307 g/mol. The Balaban J connectivity index is 4.27. The molecule has 122 valence electrons. The van der Waals surface area contributed by atoms with Crippen LogP contribution in [0.2, 0.25) is 0 Å². The molecule has 0 amide bonds. The van der Waals surface area contributed by atoms with E-state index in [2.05, 4.69) is 14.9 Å². The van der Waals surface area contributed by atoms with Crippen molar-refractivity contribution in [2.75, 3.05) is 13.3 Å². The number of hydrazine groups is 1. The van der Waals surface area contributed by atoms with E-state index in [1.54, 1.807) is 34.6 Å². The molecule has 0 aliphatic heterocycles. The van der Waals surface area contributed by atoms with Crippen LogP contribution >= 0.6 is 0 Å². The van der Waals surface area contributed by atoms with Gasteiger partial charge in [0.15, 0.2) is 6.54 Å². The van der Waals surface area contributed by atoms with Crippen LogP contribution in [0.4, 0.5) is 4.79 Å². The molecule has 0 rings (SSSR count). The summed E-state index contributed by atoms with van der Waals surface area (Å²) in [6.45, 7) is 7.02. The maximum absolute atomic E-state index is 11.5. The van der Waals surface area contributed by atoms with Crippen LogP contribution in [0.25, 0.3) is 0 Å². The zero-order chi connectivity index (χ0) is 16.6. The minimum absolute atomic E-state index is 0.0166. The van der Waals surface area contributed by atoms with Crippen molar-refractivity contribution in [1.29, 1.82) is 0 Å². The summed E-state index contributed by atoms with van der Waals surface area (Å²) in [5.41, 5.74) is -0.714. The molecule has 0 bridgehead atoms. The van der Waals surface area contributed by atoms with Crippen molar-refractivity contribution < 1.29 is 34.0 Å². The lowest BCUT2D eigenvalue weighted by atomic mass is 10.2. The van der Waals surface area contributed by atoms with Crippen LogP contribution in [-0.4, -0.2) is 52.2 Å². The number of ether oxygens (including phenoxy) is 2. The minimum Gasteiger partial charge on any atom is -0.569 e. The van der Waals surface area contributed by atoms with Crippen molar-refractivity contribution in [3.63, 3.8) is 0 Å². The van der Waals surface area contributed by atoms with Crippen LogP contribution in [0.15, 0.2) is 5.28 Å². The van der Waals surface area contributed by atoms with E-state index in [9.17, 15) is 14.8 Å². The molecule has 0 aromatic carbocycles. The van der Waals surface area contributed by atoms with Gasteiger partial charge in [0, 0.05) is 0 Å². The van der Waals surface area contributed by atoms with E-state index in [-0.39, 0.29) is 4.97 Å². The Morgan fingerprint density at radius 1 is 1.38 bits per heavy atom. The molecule has 0 aromatic rings. The summed E-state index contributed by atoms with van der Waals surface area (Å²) in [7, 11) is 0. The highest BCUT2D eigenvalue weighted by atomic mass is 16.8. The second kappa shape index (κ2) is 8.12. The van der Waals surface area contributed by atoms with Crippen molar-refractivity contribution in [1.82, 2.24) is 5.01 Å². The fourth-order valence-corrected chi connectivity index (χ4v) is 1.05. The number of hydrogen-bond donors (Lipinski definition) is 1. The summed E-state index contributed by atoms with van der Waals surface area (Å²) < 4.78 is 9.33. The number of carbonyl (C=O) groups is 2. The van der Waals surface area contributed by atoms with Gasteiger partial charge in [0.1, 0.15) is 5.60 Å². The first-order valence-corrected chi connectivity index (χ1v) is 6.17. The summed E-state index contributed by atoms with van der Waals surface area (Å²) in [6.07, 6.45) is -0.971. The maximum Gasteiger partial charge on any atom is 0.511 e. The van der Waals surface area contributed by atoms with E-state index in [0.29, 0.717) is 0 Å². The zero-order valence-corrected chi connectivity index (χ0v) is 12.7. The number of hydrogen-bond acceptors (Lipinski definition) is 7. The largest absolute Gasteiger partial charge is 0.569 e. The predicted molar refractivity (Wildman–Crippen MR) is 68.8 cm³/mol. The smallest absolute Gasteiger partial charge is 0.511 e. The molecule has 0 saturated carbocycles. The Labute approximate surface area is 122 Å². The topological polar surface area (TPSA) is 124 Å². The van der Waals surface area contributed by atoms with Crippen molar-refractivity contribution in [2.24, 2.45) is 5.28 Å². The second-order valence-electron chi connectivity index (χ2n) is 5.28. The molecule has 0 spiro atoms. The van der Waals surface area contributed by atoms with Gasteiger partial charge in [-0.05, 0) is 34.6 Å². The molecule has 10 nitrogen and oxygen atoms in total. The molecule has 1 N–H and O–H groups in total. The Kier molecular flexibility index (Phi) is 7.25. The first-order chi connectivity index (χ1) is 9.53. The zero-order valence-electron chi connectivity index (χ0n) is 12.7. The molecular formula is C11H21N3O7. The van der Waals surface area contributed by atoms with Gasteiger partial charge in [0.2, 0.25) is 5.28 Å². The average Bonchev–Trinajstić information content (AvgIpc) is 2.28. The van der Waals surface area contributed by atoms with Gasteiger partial charge in [-0.3, -0.25) is 4.79 Å². The third-order valence-electron chi connectivity index (χ3n) is 1.86. The first-order valence-electron chi connectivity index (χ1n) is 6.17. The Hall–Kier alpha value is -2.26. The summed E-state index contributed by atoms with van der Waals surface area (Å²) >= 11 is 0. The molecule has 0 atom stereocenters. The van der Waals surface area contributed by atoms with Gasteiger partial charge < -0.3 is 24.6 Å². The first kappa shape index (κ1) is 18.7. The third kappa shape index (κ3) is 9.30. The van der Waals surface area contributed by atoms with Crippen molar-refractivity contribution >= 4 is 12.1 Å². The number of nitrogens with zero attached hydrogens (tertiary/aromatic N) is 3. The molecular weight excluding hydrogens is 286 g/mol. The quantitative estimate of drug-likeness (QED) is 0.187. The molecule has 0 heterocycles. The van der Waals surface area contributed by atoms with Gasteiger partial charge in [0.05, 0.1) is 11.0 Å². The summed E-state index contributed by atoms with van der Waals surface area (Å²) in [4.78, 5) is 26.2. The van der Waals surface area contributed by atoms with E-state index in [0.717, 1.165) is 5.01 Å². The van der Waals surface area contributed by atoms with E-state index < -0.39 is 37.1 Å². The van der Waals surface area contributed by atoms with Gasteiger partial charge in [-0.2, -0.15) is 0 Å². The predicted octanol–water partition coefficient (Wildman–Crippen LogP) is 1.50. The lowest BCUT2D eigenvalue weighted by molar-refractivity contribution is -0.716. The third-order valence-corrected chi connectivity index (χ3v) is 1.86. The molecule has 0 fully saturated rings. The standard InChI is InChI=1S/C11H21N3O7/c1-8(2)13(6-9(15)16)14(18)12-20-7-19-10(17)21-11(3,4)5/h8H,6-7H2,1-5H3,(H,15,16). The molecule has 0 unspecified atom stereocenters. The Bertz CT molecular complexity index is 390. The van der Waals surface area contributed by atoms with Gasteiger partial charge in [-0.15, -0.1) is 5.01 Å². The number of carbonyl (C=O) groups excluding carboxylic acids is 1. The van der Waals surface area contributed by atoms with E-state index in [1.807, 2.05) is 0 Å². The highest BCUT2D eigenvalue weighted by Gasteiger charge is 2.21. The van der Waals surface area contributed by atoms with E-state index in [1.165, 1.54) is 0 Å². The normalized spacial score (nSPS) is 12.0. The van der Waals surface area contributed by atoms with E-state index >= 15 is 0 Å². The monoisotopic (exact) mass is 307 g/mol. The van der Waals surface area contributed by atoms with Crippen LogP contribution < -0.4 is 0 Å². The van der Waals surface area contributed by atoms with Crippen molar-refractivity contribution in [3.8, 4) is 0 Å². The SMILES string of the molecule is CC(C)N(CC(=O)O)[N+]([O-])=NOCOC(=O)OC(C)(C)C. The molecule has 0 aliphatic rings. The van der Waals surface area contributed by atoms with E-state index in [4.69, 9.17) is 9.84 Å². The van der Waals surface area contributed by atoms with Crippen molar-refractivity contribution in [2.45, 2.75) is 46.3 Å². The molecule has 21 heavy (non-hydrogen) atoms. The van der Waals surface area contributed by atoms with Crippen LogP contribution in [0.1, 0.15) is 34.6 Å². The molecule has 0 saturated heterocycles. The van der Waals surface area contributed by atoms with Crippen molar-refractivity contribution in [3.05, 3.63) is 5.21 Å². The van der Waals surface area contributed by atoms with Crippen LogP contribution in [0.3, 0.4) is 0 Å². The van der Waals surface area contributed by atoms with Crippen LogP contribution in [0, 0.1) is 5.21 Å². The molecule has 0 aromatic heterocycles. The van der Waals surface area contributed by atoms with Gasteiger partial charge >= 0.3 is 12.1 Å². The molecule has 10 heteroatoms. The second-order valence-corrected chi connectivity index (χ2v) is 5.28. The highest BCUT2D eigenvalue weighted by molar-refractivity contribution is 5.68. The summed E-state index contributed by atoms with van der Waals surface area (Å²) in [5, 5.41) is 24.1. The van der Waals surface area contributed by atoms with Crippen LogP contribution in [-0.2, 0) is 19.1 Å². The number of carboxylic acids is 1. The van der Waals surface area contributed by atoms with Gasteiger partial charge in [0.25, 0.3) is 6.79 Å². The van der Waals surface area contributed by atoms with Gasteiger partial charge in [-0.25, -0.2) is 4.79 Å². The lowest BCUT2D eigenvalue weighted by Gasteiger charge is -2.19. The molecule has 0 aliphatic carbocycles. The number of aliphatic carboxylic acids is 1. The fraction of sp³-hybridized carbons (Fsp3) is 0.818. The maximum atomic E-state index is 11.5. The van der Waals surface area contributed by atoms with Crippen LogP contribution in [0.5, 0.6) is 0 Å². The van der Waals surface area contributed by atoms with Gasteiger partial charge in [-0.1, -0.05) is 0 Å². The Morgan fingerprint density at radius 2 is 1.95 bits per heavy atom. The lowest BCUT2D eigenvalue weighted by Crippen LogP contribution is -2.40. The summed E-state index contributed by atoms with van der Waals surface area (Å²) in [6, 6.07) is -0.405. The minimum atomic E-state index is -1.19. The number of rotatable bonds is 7. The summed E-state index contributed by atoms with van der Waals surface area (Å²) in [5.74, 6) is -1.19. The fourth-order valence-electron chi connectivity index (χ4n) is 1.05. The highest BCUT2D eigenvalue weighted by Crippen LogP contribution is 2.08. The number of carboxylic acid groups (broad SMARTS) is 1. The Morgan fingerprint density at radius 3 is 2.38 bits per heavy atom. The molecule has 0 radical (unpaired) electrons.